The Balaban J connectivity index is 1.63. The van der Waals surface area contributed by atoms with Crippen molar-refractivity contribution in [2.75, 3.05) is 0 Å². The van der Waals surface area contributed by atoms with Crippen molar-refractivity contribution in [1.82, 2.24) is 15.2 Å². The van der Waals surface area contributed by atoms with Crippen LogP contribution in [0.4, 0.5) is 0 Å². The van der Waals surface area contributed by atoms with Crippen molar-refractivity contribution in [3.8, 4) is 0 Å². The Kier molecular flexibility index (Phi) is 3.65. The molecule has 3 aromatic rings. The summed E-state index contributed by atoms with van der Waals surface area (Å²) < 4.78 is 1.18. The molecule has 0 fully saturated rings. The van der Waals surface area contributed by atoms with Gasteiger partial charge in [0, 0.05) is 31.0 Å². The van der Waals surface area contributed by atoms with Crippen LogP contribution in [0.2, 0.25) is 0 Å². The van der Waals surface area contributed by atoms with Crippen LogP contribution in [0.15, 0.2) is 58.4 Å². The van der Waals surface area contributed by atoms with Crippen LogP contribution in [0.1, 0.15) is 21.6 Å². The summed E-state index contributed by atoms with van der Waals surface area (Å²) >= 11 is 0. The normalized spacial score (nSPS) is 12.9. The standard InChI is InChI=1S/C19H16N4O2/c1-23-19(25)16-9-5-4-8-15(16)17(22-23)18(24)21-20-14-10-12-6-2-3-7-13(12)11-14/h2-9H,10-11H2,1H3,(H,21,24). The lowest BCUT2D eigenvalue weighted by atomic mass is 10.1. The second-order valence-electron chi connectivity index (χ2n) is 6.06. The van der Waals surface area contributed by atoms with Gasteiger partial charge in [-0.15, -0.1) is 0 Å². The van der Waals surface area contributed by atoms with Gasteiger partial charge in [0.05, 0.1) is 5.39 Å². The van der Waals surface area contributed by atoms with E-state index in [0.717, 1.165) is 18.6 Å². The summed E-state index contributed by atoms with van der Waals surface area (Å²) in [5.74, 6) is -0.421. The summed E-state index contributed by atoms with van der Waals surface area (Å²) in [6.45, 7) is 0. The first-order chi connectivity index (χ1) is 12.1. The fourth-order valence-electron chi connectivity index (χ4n) is 3.13. The summed E-state index contributed by atoms with van der Waals surface area (Å²) in [6.07, 6.45) is 1.47. The molecule has 2 aromatic carbocycles. The molecule has 6 heteroatoms. The van der Waals surface area contributed by atoms with Gasteiger partial charge in [0.25, 0.3) is 11.5 Å². The molecule has 1 amide bonds. The van der Waals surface area contributed by atoms with E-state index in [-0.39, 0.29) is 11.3 Å². The maximum atomic E-state index is 12.6. The van der Waals surface area contributed by atoms with E-state index >= 15 is 0 Å². The number of amides is 1. The van der Waals surface area contributed by atoms with E-state index in [1.807, 2.05) is 12.1 Å². The summed E-state index contributed by atoms with van der Waals surface area (Å²) in [6, 6.07) is 15.1. The van der Waals surface area contributed by atoms with Gasteiger partial charge in [0.15, 0.2) is 5.69 Å². The number of hydrogen-bond acceptors (Lipinski definition) is 4. The van der Waals surface area contributed by atoms with Gasteiger partial charge in [0.1, 0.15) is 0 Å². The Bertz CT molecular complexity index is 1060. The molecule has 0 aliphatic heterocycles. The molecule has 6 nitrogen and oxygen atoms in total. The van der Waals surface area contributed by atoms with Gasteiger partial charge >= 0.3 is 0 Å². The number of hydrazone groups is 1. The topological polar surface area (TPSA) is 76.3 Å². The van der Waals surface area contributed by atoms with Crippen LogP contribution in [0.3, 0.4) is 0 Å². The third-order valence-electron chi connectivity index (χ3n) is 4.39. The summed E-state index contributed by atoms with van der Waals surface area (Å²) in [5.41, 5.74) is 5.93. The number of hydrogen-bond donors (Lipinski definition) is 1. The zero-order chi connectivity index (χ0) is 17.4. The Morgan fingerprint density at radius 1 is 1.04 bits per heavy atom. The van der Waals surface area contributed by atoms with Crippen LogP contribution in [0.5, 0.6) is 0 Å². The Morgan fingerprint density at radius 3 is 2.32 bits per heavy atom. The second kappa shape index (κ2) is 5.98. The van der Waals surface area contributed by atoms with Crippen molar-refractivity contribution in [2.24, 2.45) is 12.1 Å². The molecule has 0 bridgehead atoms. The fourth-order valence-corrected chi connectivity index (χ4v) is 3.13. The molecule has 1 N–H and O–H groups in total. The highest BCUT2D eigenvalue weighted by Crippen LogP contribution is 2.19. The molecule has 1 heterocycles. The summed E-state index contributed by atoms with van der Waals surface area (Å²) in [4.78, 5) is 24.7. The highest BCUT2D eigenvalue weighted by molar-refractivity contribution is 6.05. The zero-order valence-electron chi connectivity index (χ0n) is 13.7. The smallest absolute Gasteiger partial charge is 0.267 e. The molecule has 0 saturated heterocycles. The minimum atomic E-state index is -0.421. The number of nitrogens with zero attached hydrogens (tertiary/aromatic N) is 3. The fraction of sp³-hybridized carbons (Fsp3) is 0.158. The molecular weight excluding hydrogens is 316 g/mol. The maximum Gasteiger partial charge on any atom is 0.292 e. The third kappa shape index (κ3) is 2.71. The predicted octanol–water partition coefficient (Wildman–Crippen LogP) is 1.82. The zero-order valence-corrected chi connectivity index (χ0v) is 13.7. The lowest BCUT2D eigenvalue weighted by Gasteiger charge is -2.07. The Labute approximate surface area is 143 Å². The largest absolute Gasteiger partial charge is 0.292 e. The van der Waals surface area contributed by atoms with Gasteiger partial charge in [-0.05, 0) is 17.2 Å². The number of nitrogens with one attached hydrogen (secondary N) is 1. The number of aryl methyl sites for hydroxylation is 1. The van der Waals surface area contributed by atoms with Crippen molar-refractivity contribution in [1.29, 1.82) is 0 Å². The summed E-state index contributed by atoms with van der Waals surface area (Å²) in [5, 5.41) is 9.36. The number of rotatable bonds is 2. The van der Waals surface area contributed by atoms with Gasteiger partial charge in [-0.2, -0.15) is 10.2 Å². The number of fused-ring (bicyclic) bond motifs is 2. The maximum absolute atomic E-state index is 12.6. The minimum Gasteiger partial charge on any atom is -0.267 e. The van der Waals surface area contributed by atoms with E-state index in [1.165, 1.54) is 22.9 Å². The average Bonchev–Trinajstić information content (AvgIpc) is 3.06. The van der Waals surface area contributed by atoms with E-state index in [0.29, 0.717) is 10.8 Å². The summed E-state index contributed by atoms with van der Waals surface area (Å²) in [7, 11) is 1.53. The van der Waals surface area contributed by atoms with Crippen molar-refractivity contribution < 1.29 is 4.79 Å². The molecule has 124 valence electrons. The molecule has 0 spiro atoms. The number of benzene rings is 2. The molecule has 0 unspecified atom stereocenters. The highest BCUT2D eigenvalue weighted by atomic mass is 16.2. The Morgan fingerprint density at radius 2 is 1.64 bits per heavy atom. The van der Waals surface area contributed by atoms with E-state index in [2.05, 4.69) is 27.8 Å². The van der Waals surface area contributed by atoms with E-state index in [9.17, 15) is 9.59 Å². The lowest BCUT2D eigenvalue weighted by Crippen LogP contribution is -2.27. The molecule has 0 atom stereocenters. The number of aromatic nitrogens is 2. The monoisotopic (exact) mass is 332 g/mol. The average molecular weight is 332 g/mol. The van der Waals surface area contributed by atoms with Crippen LogP contribution in [-0.2, 0) is 19.9 Å². The molecule has 0 saturated carbocycles. The number of carbonyl (C=O) groups excluding carboxylic acids is 1. The molecular formula is C19H16N4O2. The molecule has 1 aliphatic rings. The third-order valence-corrected chi connectivity index (χ3v) is 4.39. The van der Waals surface area contributed by atoms with Gasteiger partial charge in [-0.25, -0.2) is 10.1 Å². The van der Waals surface area contributed by atoms with Gasteiger partial charge < -0.3 is 0 Å². The van der Waals surface area contributed by atoms with E-state index < -0.39 is 5.91 Å². The van der Waals surface area contributed by atoms with Gasteiger partial charge in [-0.3, -0.25) is 9.59 Å². The molecule has 1 aromatic heterocycles. The Hall–Kier alpha value is -3.28. The first-order valence-corrected chi connectivity index (χ1v) is 8.02. The molecule has 25 heavy (non-hydrogen) atoms. The molecule has 0 radical (unpaired) electrons. The quantitative estimate of drug-likeness (QED) is 0.727. The van der Waals surface area contributed by atoms with E-state index in [1.54, 1.807) is 24.3 Å². The SMILES string of the molecule is Cn1nc(C(=O)NN=C2Cc3ccccc3C2)c2ccccc2c1=O. The molecule has 4 rings (SSSR count). The minimum absolute atomic E-state index is 0.192. The lowest BCUT2D eigenvalue weighted by molar-refractivity contribution is 0.0949. The number of carbonyl (C=O) groups is 1. The van der Waals surface area contributed by atoms with E-state index in [4.69, 9.17) is 0 Å². The van der Waals surface area contributed by atoms with Crippen molar-refractivity contribution in [2.45, 2.75) is 12.8 Å². The predicted molar refractivity (Wildman–Crippen MR) is 95.7 cm³/mol. The van der Waals surface area contributed by atoms with Crippen LogP contribution < -0.4 is 11.0 Å². The van der Waals surface area contributed by atoms with Gasteiger partial charge in [0.2, 0.25) is 0 Å². The first kappa shape index (κ1) is 15.3. The molecule has 1 aliphatic carbocycles. The van der Waals surface area contributed by atoms with Crippen LogP contribution in [0, 0.1) is 0 Å². The van der Waals surface area contributed by atoms with Crippen LogP contribution in [0.25, 0.3) is 10.8 Å². The van der Waals surface area contributed by atoms with Crippen molar-refractivity contribution in [3.63, 3.8) is 0 Å². The van der Waals surface area contributed by atoms with Crippen LogP contribution >= 0.6 is 0 Å². The highest BCUT2D eigenvalue weighted by Gasteiger charge is 2.18. The van der Waals surface area contributed by atoms with Crippen molar-refractivity contribution >= 4 is 22.4 Å². The second-order valence-corrected chi connectivity index (χ2v) is 6.06. The van der Waals surface area contributed by atoms with Gasteiger partial charge in [-0.1, -0.05) is 42.5 Å². The first-order valence-electron chi connectivity index (χ1n) is 8.02. The van der Waals surface area contributed by atoms with Crippen molar-refractivity contribution in [3.05, 3.63) is 75.7 Å². The van der Waals surface area contributed by atoms with Crippen LogP contribution in [-0.4, -0.2) is 21.4 Å².